The summed E-state index contributed by atoms with van der Waals surface area (Å²) in [6.07, 6.45) is -2.66. The maximum Gasteiger partial charge on any atom is 0.412 e. The van der Waals surface area contributed by atoms with Crippen molar-refractivity contribution in [2.24, 2.45) is 0 Å². The van der Waals surface area contributed by atoms with E-state index in [1.165, 1.54) is 6.92 Å². The fraction of sp³-hybridized carbons (Fsp3) is 0.455. The Hall–Kier alpha value is -3.43. The van der Waals surface area contributed by atoms with Crippen molar-refractivity contribution in [2.75, 3.05) is 10.6 Å². The number of carbonyl (C=O) groups excluding carboxylic acids is 4. The highest BCUT2D eigenvalue weighted by Gasteiger charge is 2.25. The lowest BCUT2D eigenvalue weighted by Gasteiger charge is -2.22. The molecule has 0 aromatic heterocycles. The zero-order valence-electron chi connectivity index (χ0n) is 19.3. The number of hydrogen-bond donors (Lipinski definition) is 2. The molecule has 0 saturated heterocycles. The lowest BCUT2D eigenvalue weighted by molar-refractivity contribution is -0.150. The average Bonchev–Trinajstić information content (AvgIpc) is 2.59. The third kappa shape index (κ3) is 8.75. The van der Waals surface area contributed by atoms with Gasteiger partial charge in [-0.2, -0.15) is 0 Å². The molecule has 1 rings (SSSR count). The van der Waals surface area contributed by atoms with Crippen LogP contribution < -0.4 is 10.6 Å². The summed E-state index contributed by atoms with van der Waals surface area (Å²) in [5.74, 6) is -1.69. The summed E-state index contributed by atoms with van der Waals surface area (Å²) in [7, 11) is 0. The second kappa shape index (κ2) is 10.3. The SMILES string of the molecule is C=C(C(=O)OC(C)(C)C)C(C)OC(=O)Nc1cc(C=O)c(NC(=O)OC(C)(C)C)cc1F. The lowest BCUT2D eigenvalue weighted by Crippen LogP contribution is -2.30. The van der Waals surface area contributed by atoms with Gasteiger partial charge >= 0.3 is 18.2 Å². The molecule has 0 radical (unpaired) electrons. The molecule has 32 heavy (non-hydrogen) atoms. The van der Waals surface area contributed by atoms with Crippen LogP contribution in [0.15, 0.2) is 24.3 Å². The number of aldehydes is 1. The van der Waals surface area contributed by atoms with Crippen molar-refractivity contribution >= 4 is 35.8 Å². The number of hydrogen-bond acceptors (Lipinski definition) is 7. The maximum atomic E-state index is 14.5. The standard InChI is InChI=1S/C22H29FN2O7/c1-12(18(27)31-21(3,4)5)13(2)30-19(28)25-17-9-14(11-26)16(10-15(17)23)24-20(29)32-22(6,7)8/h9-11,13H,1H2,2-8H3,(H,24,29)(H,25,28). The van der Waals surface area contributed by atoms with E-state index in [1.807, 2.05) is 0 Å². The van der Waals surface area contributed by atoms with E-state index in [-0.39, 0.29) is 22.5 Å². The van der Waals surface area contributed by atoms with Crippen molar-refractivity contribution in [1.29, 1.82) is 0 Å². The van der Waals surface area contributed by atoms with E-state index in [1.54, 1.807) is 41.5 Å². The summed E-state index contributed by atoms with van der Waals surface area (Å²) in [6, 6.07) is 1.87. The molecule has 9 nitrogen and oxygen atoms in total. The van der Waals surface area contributed by atoms with Gasteiger partial charge in [-0.3, -0.25) is 15.4 Å². The minimum Gasteiger partial charge on any atom is -0.457 e. The van der Waals surface area contributed by atoms with E-state index in [0.717, 1.165) is 12.1 Å². The summed E-state index contributed by atoms with van der Waals surface area (Å²) in [6.45, 7) is 14.9. The largest absolute Gasteiger partial charge is 0.457 e. The minimum absolute atomic E-state index is 0.110. The van der Waals surface area contributed by atoms with Gasteiger partial charge in [-0.05, 0) is 54.5 Å². The molecule has 0 fully saturated rings. The number of anilines is 2. The normalized spacial score (nSPS) is 12.2. The molecule has 1 aromatic rings. The molecule has 1 aromatic carbocycles. The summed E-state index contributed by atoms with van der Waals surface area (Å²) in [5, 5.41) is 4.42. The first-order chi connectivity index (χ1) is 14.5. The van der Waals surface area contributed by atoms with Crippen molar-refractivity contribution in [3.63, 3.8) is 0 Å². The third-order valence-corrected chi connectivity index (χ3v) is 3.57. The summed E-state index contributed by atoms with van der Waals surface area (Å²) in [5.41, 5.74) is -2.29. The van der Waals surface area contributed by atoms with E-state index in [2.05, 4.69) is 17.2 Å². The number of nitrogens with one attached hydrogen (secondary N) is 2. The number of amides is 2. The predicted molar refractivity (Wildman–Crippen MR) is 116 cm³/mol. The highest BCUT2D eigenvalue weighted by Crippen LogP contribution is 2.25. The van der Waals surface area contributed by atoms with Crippen LogP contribution in [0.1, 0.15) is 58.8 Å². The van der Waals surface area contributed by atoms with E-state index >= 15 is 0 Å². The van der Waals surface area contributed by atoms with Gasteiger partial charge in [-0.1, -0.05) is 6.58 Å². The van der Waals surface area contributed by atoms with E-state index in [0.29, 0.717) is 6.29 Å². The molecule has 2 N–H and O–H groups in total. The highest BCUT2D eigenvalue weighted by atomic mass is 19.1. The van der Waals surface area contributed by atoms with Crippen LogP contribution in [-0.4, -0.2) is 41.7 Å². The van der Waals surface area contributed by atoms with Crippen molar-refractivity contribution < 1.29 is 37.8 Å². The zero-order chi connectivity index (χ0) is 24.9. The van der Waals surface area contributed by atoms with Crippen molar-refractivity contribution in [3.05, 3.63) is 35.7 Å². The van der Waals surface area contributed by atoms with E-state index < -0.39 is 41.3 Å². The molecule has 0 spiro atoms. The first-order valence-corrected chi connectivity index (χ1v) is 9.71. The van der Waals surface area contributed by atoms with Gasteiger partial charge in [0, 0.05) is 11.6 Å². The first kappa shape index (κ1) is 26.6. The molecule has 1 atom stereocenters. The van der Waals surface area contributed by atoms with Gasteiger partial charge in [0.25, 0.3) is 0 Å². The second-order valence-corrected chi connectivity index (χ2v) is 8.86. The molecule has 0 saturated carbocycles. The molecular weight excluding hydrogens is 423 g/mol. The van der Waals surface area contributed by atoms with Gasteiger partial charge in [0.1, 0.15) is 23.1 Å². The van der Waals surface area contributed by atoms with Crippen LogP contribution in [0.2, 0.25) is 0 Å². The molecule has 2 amide bonds. The van der Waals surface area contributed by atoms with Crippen LogP contribution in [0.4, 0.5) is 25.4 Å². The van der Waals surface area contributed by atoms with Gasteiger partial charge in [-0.15, -0.1) is 0 Å². The Balaban J connectivity index is 2.88. The van der Waals surface area contributed by atoms with Gasteiger partial charge in [0.2, 0.25) is 0 Å². The molecule has 1 unspecified atom stereocenters. The molecule has 176 valence electrons. The Morgan fingerprint density at radius 3 is 2.00 bits per heavy atom. The smallest absolute Gasteiger partial charge is 0.412 e. The minimum atomic E-state index is -1.09. The molecular formula is C22H29FN2O7. The number of carbonyl (C=O) groups is 4. The molecule has 0 aliphatic heterocycles. The number of ether oxygens (including phenoxy) is 3. The molecule has 0 heterocycles. The lowest BCUT2D eigenvalue weighted by atomic mass is 10.1. The summed E-state index contributed by atoms with van der Waals surface area (Å²) < 4.78 is 29.7. The predicted octanol–water partition coefficient (Wildman–Crippen LogP) is 4.82. The Kier molecular flexibility index (Phi) is 8.52. The average molecular weight is 452 g/mol. The Labute approximate surface area is 186 Å². The quantitative estimate of drug-likeness (QED) is 0.275. The van der Waals surface area contributed by atoms with Crippen LogP contribution in [0.25, 0.3) is 0 Å². The Morgan fingerprint density at radius 1 is 0.969 bits per heavy atom. The number of esters is 1. The van der Waals surface area contributed by atoms with Crippen LogP contribution in [-0.2, 0) is 19.0 Å². The van der Waals surface area contributed by atoms with E-state index in [4.69, 9.17) is 14.2 Å². The first-order valence-electron chi connectivity index (χ1n) is 9.71. The summed E-state index contributed by atoms with van der Waals surface area (Å²) in [4.78, 5) is 47.4. The van der Waals surface area contributed by atoms with Crippen LogP contribution in [0.3, 0.4) is 0 Å². The number of benzene rings is 1. The van der Waals surface area contributed by atoms with Crippen molar-refractivity contribution in [3.8, 4) is 0 Å². The van der Waals surface area contributed by atoms with Gasteiger partial charge in [0.05, 0.1) is 16.9 Å². The third-order valence-electron chi connectivity index (χ3n) is 3.57. The molecule has 0 aliphatic carbocycles. The fourth-order valence-electron chi connectivity index (χ4n) is 2.19. The number of halogens is 1. The van der Waals surface area contributed by atoms with Crippen LogP contribution in [0, 0.1) is 5.82 Å². The van der Waals surface area contributed by atoms with Crippen molar-refractivity contribution in [2.45, 2.75) is 65.8 Å². The molecule has 0 aliphatic rings. The molecule has 10 heteroatoms. The van der Waals surface area contributed by atoms with Gasteiger partial charge < -0.3 is 14.2 Å². The zero-order valence-corrected chi connectivity index (χ0v) is 19.3. The van der Waals surface area contributed by atoms with Crippen molar-refractivity contribution in [1.82, 2.24) is 0 Å². The fourth-order valence-corrected chi connectivity index (χ4v) is 2.19. The Morgan fingerprint density at radius 2 is 1.50 bits per heavy atom. The highest BCUT2D eigenvalue weighted by molar-refractivity contribution is 5.96. The van der Waals surface area contributed by atoms with Crippen LogP contribution >= 0.6 is 0 Å². The number of rotatable bonds is 6. The van der Waals surface area contributed by atoms with Gasteiger partial charge in [0.15, 0.2) is 6.29 Å². The summed E-state index contributed by atoms with van der Waals surface area (Å²) >= 11 is 0. The Bertz CT molecular complexity index is 914. The van der Waals surface area contributed by atoms with E-state index in [9.17, 15) is 23.6 Å². The second-order valence-electron chi connectivity index (χ2n) is 8.86. The maximum absolute atomic E-state index is 14.5. The monoisotopic (exact) mass is 452 g/mol. The topological polar surface area (TPSA) is 120 Å². The van der Waals surface area contributed by atoms with Gasteiger partial charge in [-0.25, -0.2) is 18.8 Å². The molecule has 0 bridgehead atoms. The van der Waals surface area contributed by atoms with Crippen LogP contribution in [0.5, 0.6) is 0 Å².